The molecule has 1 atom stereocenters. The SMILES string of the molecule is C[N+](C)(C)CC(CC(=O)[O-])OC(=O)CCCC(=O)O. The molecule has 0 rings (SSSR count). The molecule has 1 N–H and O–H groups in total. The predicted octanol–water partition coefficient (Wildman–Crippen LogP) is -1.00. The van der Waals surface area contributed by atoms with Gasteiger partial charge in [0.25, 0.3) is 0 Å². The lowest BCUT2D eigenvalue weighted by Crippen LogP contribution is -2.45. The quantitative estimate of drug-likeness (QED) is 0.427. The summed E-state index contributed by atoms with van der Waals surface area (Å²) in [6.45, 7) is 0.346. The van der Waals surface area contributed by atoms with Crippen molar-refractivity contribution in [3.05, 3.63) is 0 Å². The molecule has 110 valence electrons. The summed E-state index contributed by atoms with van der Waals surface area (Å²) in [6, 6.07) is 0. The number of hydrogen-bond acceptors (Lipinski definition) is 5. The Morgan fingerprint density at radius 2 is 1.79 bits per heavy atom. The van der Waals surface area contributed by atoms with Crippen molar-refractivity contribution in [3.63, 3.8) is 0 Å². The fourth-order valence-corrected chi connectivity index (χ4v) is 1.57. The molecule has 0 amide bonds. The van der Waals surface area contributed by atoms with Crippen LogP contribution in [0.3, 0.4) is 0 Å². The van der Waals surface area contributed by atoms with E-state index >= 15 is 0 Å². The zero-order valence-corrected chi connectivity index (χ0v) is 11.5. The number of rotatable bonds is 9. The van der Waals surface area contributed by atoms with Gasteiger partial charge in [0.1, 0.15) is 6.54 Å². The molecule has 7 heteroatoms. The van der Waals surface area contributed by atoms with Crippen LogP contribution in [-0.2, 0) is 19.1 Å². The van der Waals surface area contributed by atoms with Gasteiger partial charge >= 0.3 is 11.9 Å². The number of ether oxygens (including phenoxy) is 1. The maximum Gasteiger partial charge on any atom is 0.306 e. The Balaban J connectivity index is 4.26. The summed E-state index contributed by atoms with van der Waals surface area (Å²) in [6.07, 6.45) is -1.10. The van der Waals surface area contributed by atoms with Gasteiger partial charge < -0.3 is 24.2 Å². The average molecular weight is 275 g/mol. The van der Waals surface area contributed by atoms with Gasteiger partial charge in [-0.1, -0.05) is 0 Å². The van der Waals surface area contributed by atoms with Crippen molar-refractivity contribution >= 4 is 17.9 Å². The predicted molar refractivity (Wildman–Crippen MR) is 63.9 cm³/mol. The minimum atomic E-state index is -1.28. The molecule has 0 aliphatic rings. The van der Waals surface area contributed by atoms with Crippen molar-refractivity contribution in [1.82, 2.24) is 0 Å². The molecule has 19 heavy (non-hydrogen) atoms. The molecule has 0 bridgehead atoms. The summed E-state index contributed by atoms with van der Waals surface area (Å²) < 4.78 is 5.50. The van der Waals surface area contributed by atoms with Crippen LogP contribution in [0.25, 0.3) is 0 Å². The van der Waals surface area contributed by atoms with E-state index in [0.717, 1.165) is 0 Å². The molecule has 0 fully saturated rings. The molecular weight excluding hydrogens is 254 g/mol. The van der Waals surface area contributed by atoms with Crippen LogP contribution >= 0.6 is 0 Å². The van der Waals surface area contributed by atoms with Gasteiger partial charge in [0.15, 0.2) is 6.10 Å². The summed E-state index contributed by atoms with van der Waals surface area (Å²) in [5, 5.41) is 19.0. The number of hydrogen-bond donors (Lipinski definition) is 1. The number of carboxylic acid groups (broad SMARTS) is 2. The Hall–Kier alpha value is -1.63. The number of carbonyl (C=O) groups excluding carboxylic acids is 2. The first-order valence-electron chi connectivity index (χ1n) is 6.01. The average Bonchev–Trinajstić information content (AvgIpc) is 2.12. The second-order valence-corrected chi connectivity index (χ2v) is 5.41. The minimum Gasteiger partial charge on any atom is -0.550 e. The molecule has 0 aromatic heterocycles. The summed E-state index contributed by atoms with van der Waals surface area (Å²) in [5.74, 6) is -2.84. The highest BCUT2D eigenvalue weighted by Gasteiger charge is 2.22. The normalized spacial score (nSPS) is 12.8. The highest BCUT2D eigenvalue weighted by Crippen LogP contribution is 2.07. The van der Waals surface area contributed by atoms with Crippen LogP contribution in [-0.4, -0.2) is 61.3 Å². The van der Waals surface area contributed by atoms with Gasteiger partial charge in [-0.05, 0) is 6.42 Å². The van der Waals surface area contributed by atoms with E-state index < -0.39 is 24.0 Å². The zero-order valence-electron chi connectivity index (χ0n) is 11.5. The molecule has 0 spiro atoms. The van der Waals surface area contributed by atoms with E-state index in [4.69, 9.17) is 9.84 Å². The summed E-state index contributed by atoms with van der Waals surface area (Å²) in [7, 11) is 5.54. The molecule has 0 aromatic rings. The van der Waals surface area contributed by atoms with E-state index in [1.165, 1.54) is 0 Å². The number of carboxylic acids is 2. The van der Waals surface area contributed by atoms with Crippen LogP contribution in [0.2, 0.25) is 0 Å². The third-order valence-corrected chi connectivity index (χ3v) is 2.22. The Labute approximate surface area is 112 Å². The van der Waals surface area contributed by atoms with Crippen molar-refractivity contribution in [3.8, 4) is 0 Å². The lowest BCUT2D eigenvalue weighted by atomic mass is 10.2. The molecule has 0 aromatic carbocycles. The van der Waals surface area contributed by atoms with Crippen molar-refractivity contribution in [2.75, 3.05) is 27.7 Å². The van der Waals surface area contributed by atoms with E-state index in [2.05, 4.69) is 0 Å². The molecule has 0 radical (unpaired) electrons. The minimum absolute atomic E-state index is 0.0347. The smallest absolute Gasteiger partial charge is 0.306 e. The summed E-state index contributed by atoms with van der Waals surface area (Å²) >= 11 is 0. The van der Waals surface area contributed by atoms with Crippen LogP contribution in [0.5, 0.6) is 0 Å². The second-order valence-electron chi connectivity index (χ2n) is 5.41. The molecule has 1 unspecified atom stereocenters. The van der Waals surface area contributed by atoms with Gasteiger partial charge in [-0.25, -0.2) is 0 Å². The summed E-state index contributed by atoms with van der Waals surface area (Å²) in [4.78, 5) is 32.4. The maximum absolute atomic E-state index is 11.5. The van der Waals surface area contributed by atoms with Crippen molar-refractivity contribution in [2.24, 2.45) is 0 Å². The molecule has 0 aliphatic heterocycles. The topological polar surface area (TPSA) is 104 Å². The Morgan fingerprint density at radius 3 is 2.21 bits per heavy atom. The van der Waals surface area contributed by atoms with E-state index in [0.29, 0.717) is 11.0 Å². The van der Waals surface area contributed by atoms with Crippen LogP contribution < -0.4 is 5.11 Å². The Morgan fingerprint density at radius 1 is 1.21 bits per heavy atom. The van der Waals surface area contributed by atoms with Gasteiger partial charge in [0.05, 0.1) is 21.1 Å². The fraction of sp³-hybridized carbons (Fsp3) is 0.750. The second kappa shape index (κ2) is 7.73. The van der Waals surface area contributed by atoms with Crippen LogP contribution in [0.15, 0.2) is 0 Å². The number of likely N-dealkylation sites (N-methyl/N-ethyl adjacent to an activating group) is 1. The third-order valence-electron chi connectivity index (χ3n) is 2.22. The number of aliphatic carboxylic acids is 2. The zero-order chi connectivity index (χ0) is 15.1. The van der Waals surface area contributed by atoms with Gasteiger partial charge in [-0.3, -0.25) is 9.59 Å². The molecule has 0 saturated carbocycles. The molecule has 0 aliphatic carbocycles. The molecule has 7 nitrogen and oxygen atoms in total. The van der Waals surface area contributed by atoms with Crippen LogP contribution in [0.4, 0.5) is 0 Å². The Bertz CT molecular complexity index is 334. The lowest BCUT2D eigenvalue weighted by Gasteiger charge is -2.29. The van der Waals surface area contributed by atoms with E-state index in [-0.39, 0.29) is 25.7 Å². The fourth-order valence-electron chi connectivity index (χ4n) is 1.57. The monoisotopic (exact) mass is 275 g/mol. The van der Waals surface area contributed by atoms with Crippen molar-refractivity contribution in [2.45, 2.75) is 31.8 Å². The number of quaternary nitrogens is 1. The van der Waals surface area contributed by atoms with E-state index in [9.17, 15) is 19.5 Å². The number of carbonyl (C=O) groups is 3. The van der Waals surface area contributed by atoms with Crippen LogP contribution in [0, 0.1) is 0 Å². The lowest BCUT2D eigenvalue weighted by molar-refractivity contribution is -0.873. The van der Waals surface area contributed by atoms with Crippen molar-refractivity contribution in [1.29, 1.82) is 0 Å². The molecule has 0 saturated heterocycles. The molecule has 0 heterocycles. The number of nitrogens with zero attached hydrogens (tertiary/aromatic N) is 1. The van der Waals surface area contributed by atoms with Gasteiger partial charge in [0.2, 0.25) is 0 Å². The highest BCUT2D eigenvalue weighted by molar-refractivity contribution is 5.72. The standard InChI is InChI=1S/C12H21NO6/c1-13(2,3)8-9(7-11(16)17)19-12(18)6-4-5-10(14)15/h9H,4-8H2,1-3H3,(H-,14,15,16,17). The maximum atomic E-state index is 11.5. The van der Waals surface area contributed by atoms with E-state index in [1.54, 1.807) is 0 Å². The molecular formula is C12H21NO6. The van der Waals surface area contributed by atoms with E-state index in [1.807, 2.05) is 21.1 Å². The van der Waals surface area contributed by atoms with Gasteiger partial charge in [-0.15, -0.1) is 0 Å². The first-order valence-corrected chi connectivity index (χ1v) is 6.01. The first-order chi connectivity index (χ1) is 8.60. The van der Waals surface area contributed by atoms with Crippen LogP contribution in [0.1, 0.15) is 25.7 Å². The van der Waals surface area contributed by atoms with Crippen molar-refractivity contribution < 1.29 is 33.8 Å². The largest absolute Gasteiger partial charge is 0.550 e. The van der Waals surface area contributed by atoms with Gasteiger partial charge in [-0.2, -0.15) is 0 Å². The summed E-state index contributed by atoms with van der Waals surface area (Å²) in [5.41, 5.74) is 0. The Kier molecular flexibility index (Phi) is 7.06. The third kappa shape index (κ3) is 11.2. The van der Waals surface area contributed by atoms with Gasteiger partial charge in [0, 0.05) is 25.2 Å². The first kappa shape index (κ1) is 17.4. The number of esters is 1. The highest BCUT2D eigenvalue weighted by atomic mass is 16.5.